The third kappa shape index (κ3) is 6.08. The second-order valence-corrected chi connectivity index (χ2v) is 6.84. The lowest BCUT2D eigenvalue weighted by Gasteiger charge is -2.09. The smallest absolute Gasteiger partial charge is 0.416 e. The van der Waals surface area contributed by atoms with Gasteiger partial charge in [0.15, 0.2) is 5.78 Å². The minimum atomic E-state index is -4.40. The molecule has 0 aliphatic carbocycles. The number of carbonyl (C=O) groups excluding carboxylic acids is 1. The van der Waals surface area contributed by atoms with Gasteiger partial charge in [-0.3, -0.25) is 4.79 Å². The molecule has 0 bridgehead atoms. The summed E-state index contributed by atoms with van der Waals surface area (Å²) in [6.45, 7) is -0.0598. The Balaban J connectivity index is 1.55. The van der Waals surface area contributed by atoms with E-state index in [0.717, 1.165) is 12.1 Å². The summed E-state index contributed by atoms with van der Waals surface area (Å²) in [6, 6.07) is 15.0. The predicted molar refractivity (Wildman–Crippen MR) is 111 cm³/mol. The summed E-state index contributed by atoms with van der Waals surface area (Å²) < 4.78 is 56.9. The number of alkyl halides is 3. The lowest BCUT2D eigenvalue weighted by Crippen LogP contribution is -2.04. The molecule has 0 saturated heterocycles. The molecular formula is C23H16ClF4NO2. The highest BCUT2D eigenvalue weighted by molar-refractivity contribution is 6.31. The summed E-state index contributed by atoms with van der Waals surface area (Å²) in [6.07, 6.45) is -1.80. The zero-order valence-corrected chi connectivity index (χ0v) is 16.7. The average Bonchev–Trinajstić information content (AvgIpc) is 2.73. The van der Waals surface area contributed by atoms with Crippen molar-refractivity contribution in [3.8, 4) is 5.75 Å². The Morgan fingerprint density at radius 1 is 1.00 bits per heavy atom. The molecule has 0 fully saturated rings. The van der Waals surface area contributed by atoms with Crippen LogP contribution in [0, 0.1) is 5.82 Å². The Bertz CT molecular complexity index is 1060. The van der Waals surface area contributed by atoms with Crippen LogP contribution in [-0.4, -0.2) is 5.78 Å². The molecule has 3 aromatic carbocycles. The molecule has 0 aromatic heterocycles. The van der Waals surface area contributed by atoms with E-state index in [0.29, 0.717) is 17.0 Å². The summed E-state index contributed by atoms with van der Waals surface area (Å²) >= 11 is 5.95. The minimum Gasteiger partial charge on any atom is -0.489 e. The van der Waals surface area contributed by atoms with Gasteiger partial charge < -0.3 is 10.1 Å². The second kappa shape index (κ2) is 9.66. The van der Waals surface area contributed by atoms with E-state index in [1.165, 1.54) is 36.5 Å². The Morgan fingerprint density at radius 3 is 2.29 bits per heavy atom. The first kappa shape index (κ1) is 22.4. The molecule has 0 amide bonds. The van der Waals surface area contributed by atoms with Gasteiger partial charge in [-0.15, -0.1) is 0 Å². The number of hydrogen-bond donors (Lipinski definition) is 1. The number of benzene rings is 3. The van der Waals surface area contributed by atoms with Crippen molar-refractivity contribution in [3.63, 3.8) is 0 Å². The van der Waals surface area contributed by atoms with Gasteiger partial charge >= 0.3 is 6.18 Å². The van der Waals surface area contributed by atoms with E-state index < -0.39 is 17.6 Å². The van der Waals surface area contributed by atoms with Gasteiger partial charge in [-0.2, -0.15) is 13.2 Å². The average molecular weight is 450 g/mol. The molecule has 3 nitrogen and oxygen atoms in total. The van der Waals surface area contributed by atoms with Crippen molar-refractivity contribution in [2.45, 2.75) is 12.8 Å². The van der Waals surface area contributed by atoms with Gasteiger partial charge in [-0.1, -0.05) is 17.7 Å². The third-order valence-corrected chi connectivity index (χ3v) is 4.63. The second-order valence-electron chi connectivity index (χ2n) is 6.43. The predicted octanol–water partition coefficient (Wildman–Crippen LogP) is 6.89. The van der Waals surface area contributed by atoms with Crippen LogP contribution < -0.4 is 10.1 Å². The molecule has 0 saturated carbocycles. The van der Waals surface area contributed by atoms with Crippen molar-refractivity contribution in [3.05, 3.63) is 107 Å². The van der Waals surface area contributed by atoms with Crippen molar-refractivity contribution in [2.75, 3.05) is 5.32 Å². The summed E-state index contributed by atoms with van der Waals surface area (Å²) in [5, 5.41) is 3.00. The molecule has 0 unspecified atom stereocenters. The summed E-state index contributed by atoms with van der Waals surface area (Å²) in [5.74, 6) is -0.351. The number of allylic oxidation sites excluding steroid dienone is 1. The number of nitrogens with one attached hydrogen (secondary N) is 1. The molecule has 8 heteroatoms. The molecule has 1 N–H and O–H groups in total. The zero-order valence-electron chi connectivity index (χ0n) is 15.9. The van der Waals surface area contributed by atoms with Gasteiger partial charge in [0.1, 0.15) is 18.2 Å². The number of ether oxygens (including phenoxy) is 1. The lowest BCUT2D eigenvalue weighted by atomic mass is 10.1. The Kier molecular flexibility index (Phi) is 6.97. The van der Waals surface area contributed by atoms with Gasteiger partial charge in [0.05, 0.1) is 10.6 Å². The summed E-state index contributed by atoms with van der Waals surface area (Å²) in [7, 11) is 0. The summed E-state index contributed by atoms with van der Waals surface area (Å²) in [4.78, 5) is 12.2. The monoisotopic (exact) mass is 449 g/mol. The molecule has 31 heavy (non-hydrogen) atoms. The van der Waals surface area contributed by atoms with Gasteiger partial charge in [-0.25, -0.2) is 4.39 Å². The van der Waals surface area contributed by atoms with Crippen LogP contribution in [0.25, 0.3) is 0 Å². The van der Waals surface area contributed by atoms with Crippen molar-refractivity contribution < 1.29 is 27.1 Å². The van der Waals surface area contributed by atoms with Gasteiger partial charge in [0.25, 0.3) is 0 Å². The number of ketones is 1. The molecular weight excluding hydrogens is 434 g/mol. The molecule has 160 valence electrons. The first-order chi connectivity index (χ1) is 14.7. The molecule has 3 rings (SSSR count). The molecule has 0 aliphatic rings. The van der Waals surface area contributed by atoms with E-state index in [2.05, 4.69) is 5.32 Å². The Morgan fingerprint density at radius 2 is 1.68 bits per heavy atom. The highest BCUT2D eigenvalue weighted by atomic mass is 35.5. The SMILES string of the molecule is O=C(C=CNc1ccc(C(F)(F)F)cc1)c1ccc(OCc2c(F)cccc2Cl)cc1. The van der Waals surface area contributed by atoms with Crippen LogP contribution in [-0.2, 0) is 12.8 Å². The minimum absolute atomic E-state index is 0.0598. The van der Waals surface area contributed by atoms with Gasteiger partial charge in [0, 0.05) is 29.1 Å². The van der Waals surface area contributed by atoms with Gasteiger partial charge in [0.2, 0.25) is 0 Å². The molecule has 0 spiro atoms. The summed E-state index contributed by atoms with van der Waals surface area (Å²) in [5.41, 5.74) is 0.272. The highest BCUT2D eigenvalue weighted by Gasteiger charge is 2.29. The Labute approximate surface area is 180 Å². The first-order valence-electron chi connectivity index (χ1n) is 9.04. The van der Waals surface area contributed by atoms with E-state index in [1.54, 1.807) is 30.3 Å². The van der Waals surface area contributed by atoms with Gasteiger partial charge in [-0.05, 0) is 60.7 Å². The Hall–Kier alpha value is -3.32. The molecule has 3 aromatic rings. The van der Waals surface area contributed by atoms with E-state index in [-0.39, 0.29) is 23.0 Å². The standard InChI is InChI=1S/C23H16ClF4NO2/c24-20-2-1-3-21(25)19(20)14-31-18-10-4-15(5-11-18)22(30)12-13-29-17-8-6-16(7-9-17)23(26,27)28/h1-13,29H,14H2. The van der Waals surface area contributed by atoms with Crippen LogP contribution in [0.5, 0.6) is 5.75 Å². The van der Waals surface area contributed by atoms with Crippen LogP contribution in [0.2, 0.25) is 5.02 Å². The van der Waals surface area contributed by atoms with Crippen molar-refractivity contribution in [1.29, 1.82) is 0 Å². The number of halogens is 5. The van der Waals surface area contributed by atoms with Crippen molar-refractivity contribution in [1.82, 2.24) is 0 Å². The van der Waals surface area contributed by atoms with Crippen LogP contribution in [0.3, 0.4) is 0 Å². The number of hydrogen-bond acceptors (Lipinski definition) is 3. The largest absolute Gasteiger partial charge is 0.489 e. The van der Waals surface area contributed by atoms with Crippen molar-refractivity contribution in [2.24, 2.45) is 0 Å². The zero-order chi connectivity index (χ0) is 22.4. The van der Waals surface area contributed by atoms with Crippen LogP contribution in [0.4, 0.5) is 23.2 Å². The van der Waals surface area contributed by atoms with E-state index in [1.807, 2.05) is 0 Å². The maximum atomic E-state index is 13.8. The quantitative estimate of drug-likeness (QED) is 0.242. The fourth-order valence-corrected chi connectivity index (χ4v) is 2.82. The number of rotatable bonds is 7. The maximum absolute atomic E-state index is 13.8. The van der Waals surface area contributed by atoms with E-state index in [4.69, 9.17) is 16.3 Å². The number of carbonyl (C=O) groups is 1. The number of anilines is 1. The van der Waals surface area contributed by atoms with E-state index >= 15 is 0 Å². The van der Waals surface area contributed by atoms with Crippen LogP contribution in [0.1, 0.15) is 21.5 Å². The first-order valence-corrected chi connectivity index (χ1v) is 9.42. The fourth-order valence-electron chi connectivity index (χ4n) is 2.61. The third-order valence-electron chi connectivity index (χ3n) is 4.28. The lowest BCUT2D eigenvalue weighted by molar-refractivity contribution is -0.137. The highest BCUT2D eigenvalue weighted by Crippen LogP contribution is 2.29. The molecule has 0 radical (unpaired) electrons. The molecule has 0 atom stereocenters. The topological polar surface area (TPSA) is 38.3 Å². The maximum Gasteiger partial charge on any atom is 0.416 e. The molecule has 0 heterocycles. The molecule has 0 aliphatic heterocycles. The van der Waals surface area contributed by atoms with E-state index in [9.17, 15) is 22.4 Å². The fraction of sp³-hybridized carbons (Fsp3) is 0.0870. The van der Waals surface area contributed by atoms with Crippen LogP contribution >= 0.6 is 11.6 Å². The van der Waals surface area contributed by atoms with Crippen LogP contribution in [0.15, 0.2) is 79.0 Å². The normalized spacial score (nSPS) is 11.5. The van der Waals surface area contributed by atoms with Crippen molar-refractivity contribution >= 4 is 23.1 Å².